The molecule has 2 saturated heterocycles. The van der Waals surface area contributed by atoms with Crippen molar-refractivity contribution in [2.45, 2.75) is 63.8 Å². The predicted molar refractivity (Wildman–Crippen MR) is 87.7 cm³/mol. The van der Waals surface area contributed by atoms with Crippen molar-refractivity contribution in [1.29, 1.82) is 0 Å². The molecule has 138 valence electrons. The molecule has 25 heavy (non-hydrogen) atoms. The SMILES string of the molecule is CC1(C)OB(c2cc(C3CCOCC3)nc(C(F)(F)F)c2)OC1(C)C. The van der Waals surface area contributed by atoms with Gasteiger partial charge in [0.25, 0.3) is 0 Å². The number of alkyl halides is 3. The number of hydrogen-bond acceptors (Lipinski definition) is 4. The second kappa shape index (κ2) is 6.25. The average molecular weight is 357 g/mol. The van der Waals surface area contributed by atoms with Crippen LogP contribution in [0.5, 0.6) is 0 Å². The third-order valence-electron chi connectivity index (χ3n) is 5.32. The Labute approximate surface area is 146 Å². The minimum absolute atomic E-state index is 0.0442. The molecule has 3 heterocycles. The Hall–Kier alpha value is -1.12. The van der Waals surface area contributed by atoms with Gasteiger partial charge in [-0.05, 0) is 58.1 Å². The molecule has 0 bridgehead atoms. The summed E-state index contributed by atoms with van der Waals surface area (Å²) in [5.41, 5.74) is -1.33. The highest BCUT2D eigenvalue weighted by Crippen LogP contribution is 2.37. The van der Waals surface area contributed by atoms with Gasteiger partial charge in [-0.1, -0.05) is 0 Å². The summed E-state index contributed by atoms with van der Waals surface area (Å²) in [4.78, 5) is 3.88. The summed E-state index contributed by atoms with van der Waals surface area (Å²) in [6.07, 6.45) is -3.19. The van der Waals surface area contributed by atoms with Gasteiger partial charge in [-0.3, -0.25) is 0 Å². The Morgan fingerprint density at radius 3 is 2.12 bits per heavy atom. The van der Waals surface area contributed by atoms with E-state index in [0.29, 0.717) is 37.2 Å². The summed E-state index contributed by atoms with van der Waals surface area (Å²) in [5, 5.41) is 0. The number of nitrogens with zero attached hydrogens (tertiary/aromatic N) is 1. The molecule has 0 aromatic carbocycles. The molecule has 0 saturated carbocycles. The monoisotopic (exact) mass is 357 g/mol. The molecular weight excluding hydrogens is 334 g/mol. The van der Waals surface area contributed by atoms with Crippen molar-refractivity contribution in [3.8, 4) is 0 Å². The van der Waals surface area contributed by atoms with E-state index in [1.807, 2.05) is 27.7 Å². The fourth-order valence-corrected chi connectivity index (χ4v) is 3.04. The molecule has 0 spiro atoms. The molecular formula is C17H23BF3NO3. The molecule has 1 aromatic rings. The zero-order valence-electron chi connectivity index (χ0n) is 14.9. The van der Waals surface area contributed by atoms with E-state index in [0.717, 1.165) is 6.07 Å². The van der Waals surface area contributed by atoms with E-state index in [-0.39, 0.29) is 5.92 Å². The minimum Gasteiger partial charge on any atom is -0.399 e. The van der Waals surface area contributed by atoms with Crippen molar-refractivity contribution < 1.29 is 27.2 Å². The average Bonchev–Trinajstić information content (AvgIpc) is 2.75. The van der Waals surface area contributed by atoms with Crippen molar-refractivity contribution in [1.82, 2.24) is 4.98 Å². The molecule has 0 amide bonds. The fourth-order valence-electron chi connectivity index (χ4n) is 3.04. The van der Waals surface area contributed by atoms with Gasteiger partial charge in [0, 0.05) is 24.8 Å². The maximum absolute atomic E-state index is 13.3. The van der Waals surface area contributed by atoms with Crippen molar-refractivity contribution >= 4 is 12.6 Å². The standard InChI is InChI=1S/C17H23BF3NO3/c1-15(2)16(3,4)25-18(24-15)12-9-13(11-5-7-23-8-6-11)22-14(10-12)17(19,20)21/h9-11H,5-8H2,1-4H3. The summed E-state index contributed by atoms with van der Waals surface area (Å²) < 4.78 is 57.2. The summed E-state index contributed by atoms with van der Waals surface area (Å²) in [6, 6.07) is 2.72. The highest BCUT2D eigenvalue weighted by molar-refractivity contribution is 6.62. The highest BCUT2D eigenvalue weighted by Gasteiger charge is 2.52. The third kappa shape index (κ3) is 3.71. The van der Waals surface area contributed by atoms with Crippen LogP contribution in [-0.2, 0) is 20.2 Å². The highest BCUT2D eigenvalue weighted by atomic mass is 19.4. The van der Waals surface area contributed by atoms with Crippen LogP contribution in [0.3, 0.4) is 0 Å². The summed E-state index contributed by atoms with van der Waals surface area (Å²) >= 11 is 0. The Morgan fingerprint density at radius 1 is 1.04 bits per heavy atom. The molecule has 0 N–H and O–H groups in total. The summed E-state index contributed by atoms with van der Waals surface area (Å²) in [7, 11) is -0.840. The van der Waals surface area contributed by atoms with Gasteiger partial charge < -0.3 is 14.0 Å². The molecule has 3 rings (SSSR count). The Kier molecular flexibility index (Phi) is 4.67. The van der Waals surface area contributed by atoms with Gasteiger partial charge in [0.05, 0.1) is 11.2 Å². The topological polar surface area (TPSA) is 40.6 Å². The zero-order chi connectivity index (χ0) is 18.5. The largest absolute Gasteiger partial charge is 0.494 e. The molecule has 2 aliphatic rings. The molecule has 2 fully saturated rings. The normalized spacial score (nSPS) is 23.9. The lowest BCUT2D eigenvalue weighted by Gasteiger charge is -2.32. The smallest absolute Gasteiger partial charge is 0.399 e. The van der Waals surface area contributed by atoms with Crippen molar-refractivity contribution in [2.24, 2.45) is 0 Å². The Balaban J connectivity index is 1.98. The van der Waals surface area contributed by atoms with Gasteiger partial charge in [-0.25, -0.2) is 4.98 Å². The van der Waals surface area contributed by atoms with Gasteiger partial charge in [0.1, 0.15) is 5.69 Å². The van der Waals surface area contributed by atoms with Gasteiger partial charge in [-0.2, -0.15) is 13.2 Å². The van der Waals surface area contributed by atoms with Gasteiger partial charge in [-0.15, -0.1) is 0 Å². The summed E-state index contributed by atoms with van der Waals surface area (Å²) in [6.45, 7) is 8.57. The fraction of sp³-hybridized carbons (Fsp3) is 0.706. The van der Waals surface area contributed by atoms with E-state index in [4.69, 9.17) is 14.0 Å². The molecule has 8 heteroatoms. The van der Waals surface area contributed by atoms with Crippen molar-refractivity contribution in [3.05, 3.63) is 23.5 Å². The van der Waals surface area contributed by atoms with Crippen LogP contribution >= 0.6 is 0 Å². The van der Waals surface area contributed by atoms with Crippen LogP contribution in [0, 0.1) is 0 Å². The van der Waals surface area contributed by atoms with Gasteiger partial charge in [0.15, 0.2) is 0 Å². The minimum atomic E-state index is -4.51. The Morgan fingerprint density at radius 2 is 1.60 bits per heavy atom. The van der Waals surface area contributed by atoms with E-state index in [1.54, 1.807) is 6.07 Å². The van der Waals surface area contributed by atoms with E-state index >= 15 is 0 Å². The third-order valence-corrected chi connectivity index (χ3v) is 5.32. The van der Waals surface area contributed by atoms with E-state index in [1.165, 1.54) is 0 Å². The summed E-state index contributed by atoms with van der Waals surface area (Å²) in [5.74, 6) is -0.0442. The first-order valence-electron chi connectivity index (χ1n) is 8.52. The molecule has 1 aromatic heterocycles. The number of hydrogen-bond donors (Lipinski definition) is 0. The van der Waals surface area contributed by atoms with Crippen LogP contribution in [0.15, 0.2) is 12.1 Å². The number of aromatic nitrogens is 1. The van der Waals surface area contributed by atoms with Crippen LogP contribution in [0.4, 0.5) is 13.2 Å². The van der Waals surface area contributed by atoms with Crippen LogP contribution in [0.25, 0.3) is 0 Å². The molecule has 2 aliphatic heterocycles. The van der Waals surface area contributed by atoms with Crippen LogP contribution < -0.4 is 5.46 Å². The van der Waals surface area contributed by atoms with Crippen molar-refractivity contribution in [2.75, 3.05) is 13.2 Å². The second-order valence-electron chi connectivity index (χ2n) is 7.68. The maximum atomic E-state index is 13.3. The van der Waals surface area contributed by atoms with Gasteiger partial charge in [0.2, 0.25) is 0 Å². The lowest BCUT2D eigenvalue weighted by molar-refractivity contribution is -0.141. The molecule has 0 unspecified atom stereocenters. The second-order valence-corrected chi connectivity index (χ2v) is 7.68. The lowest BCUT2D eigenvalue weighted by atomic mass is 9.77. The zero-order valence-corrected chi connectivity index (χ0v) is 14.9. The first kappa shape index (κ1) is 18.7. The molecule has 4 nitrogen and oxygen atoms in total. The predicted octanol–water partition coefficient (Wildman–Crippen LogP) is 3.29. The Bertz CT molecular complexity index is 627. The van der Waals surface area contributed by atoms with Crippen molar-refractivity contribution in [3.63, 3.8) is 0 Å². The number of rotatable bonds is 2. The first-order valence-corrected chi connectivity index (χ1v) is 8.52. The molecule has 0 atom stereocenters. The number of pyridine rings is 1. The number of ether oxygens (including phenoxy) is 1. The van der Waals surface area contributed by atoms with E-state index in [9.17, 15) is 13.2 Å². The van der Waals surface area contributed by atoms with Crippen LogP contribution in [0.2, 0.25) is 0 Å². The van der Waals surface area contributed by atoms with E-state index in [2.05, 4.69) is 4.98 Å². The molecule has 0 radical (unpaired) electrons. The first-order chi connectivity index (χ1) is 11.5. The maximum Gasteiger partial charge on any atom is 0.494 e. The van der Waals surface area contributed by atoms with Crippen LogP contribution in [-0.4, -0.2) is 36.5 Å². The number of halogens is 3. The molecule has 0 aliphatic carbocycles. The lowest BCUT2D eigenvalue weighted by Crippen LogP contribution is -2.41. The van der Waals surface area contributed by atoms with E-state index < -0.39 is 30.2 Å². The quantitative estimate of drug-likeness (QED) is 0.762. The van der Waals surface area contributed by atoms with Gasteiger partial charge >= 0.3 is 13.3 Å². The van der Waals surface area contributed by atoms with Crippen LogP contribution in [0.1, 0.15) is 57.8 Å².